The van der Waals surface area contributed by atoms with Crippen LogP contribution in [0.4, 0.5) is 35.1 Å². The summed E-state index contributed by atoms with van der Waals surface area (Å²) in [6.07, 6.45) is 4.06. The Morgan fingerprint density at radius 3 is 0.698 bits per heavy atom. The molecule has 0 aliphatic heterocycles. The van der Waals surface area contributed by atoms with E-state index in [9.17, 15) is 35.1 Å². The second kappa shape index (κ2) is 32.4. The van der Waals surface area contributed by atoms with Gasteiger partial charge in [0.05, 0.1) is 11.1 Å². The number of rotatable bonds is 6. The molecule has 12 aromatic carbocycles. The predicted molar refractivity (Wildman–Crippen MR) is 378 cm³/mol. The Balaban J connectivity index is 0.000000150. The van der Waals surface area contributed by atoms with Crippen molar-refractivity contribution in [3.63, 3.8) is 0 Å². The minimum absolute atomic E-state index is 0.00589. The zero-order chi connectivity index (χ0) is 68.4. The average molecular weight is 1280 g/mol. The largest absolute Gasteiger partial charge is 0.207 e. The minimum Gasteiger partial charge on any atom is -0.207 e. The molecule has 0 unspecified atom stereocenters. The lowest BCUT2D eigenvalue weighted by Gasteiger charge is -2.06. The van der Waals surface area contributed by atoms with Crippen molar-refractivity contribution < 1.29 is 35.1 Å². The molecule has 0 saturated carbocycles. The van der Waals surface area contributed by atoms with Crippen LogP contribution in [0.25, 0.3) is 56.7 Å². The Morgan fingerprint density at radius 2 is 0.406 bits per heavy atom. The van der Waals surface area contributed by atoms with Gasteiger partial charge in [-0.1, -0.05) is 198 Å². The number of benzene rings is 12. The molecule has 0 spiro atoms. The Morgan fingerprint density at radius 1 is 0.198 bits per heavy atom. The molecule has 0 fully saturated rings. The van der Waals surface area contributed by atoms with Gasteiger partial charge in [0.25, 0.3) is 0 Å². The van der Waals surface area contributed by atoms with E-state index >= 15 is 0 Å². The molecule has 0 bridgehead atoms. The molecule has 0 N–H and O–H groups in total. The van der Waals surface area contributed by atoms with E-state index in [1.165, 1.54) is 91.6 Å². The quantitative estimate of drug-likeness (QED) is 0.0884. The van der Waals surface area contributed by atoms with E-state index in [4.69, 9.17) is 0 Å². The molecule has 0 atom stereocenters. The van der Waals surface area contributed by atoms with Gasteiger partial charge >= 0.3 is 0 Å². The normalized spacial score (nSPS) is 10.4. The zero-order valence-electron chi connectivity index (χ0n) is 54.3. The number of aryl methyl sites for hydroxylation is 5. The molecule has 8 heteroatoms. The molecule has 0 amide bonds. The van der Waals surface area contributed by atoms with Crippen molar-refractivity contribution >= 4 is 12.2 Å². The van der Waals surface area contributed by atoms with E-state index in [1.807, 2.05) is 136 Å². The highest BCUT2D eigenvalue weighted by molar-refractivity contribution is 5.73. The summed E-state index contributed by atoms with van der Waals surface area (Å²) in [7, 11) is 0. The summed E-state index contributed by atoms with van der Waals surface area (Å²) in [6.45, 7) is 14.1. The summed E-state index contributed by atoms with van der Waals surface area (Å²) in [5.74, 6) is 13.9. The fourth-order valence-corrected chi connectivity index (χ4v) is 9.58. The highest BCUT2D eigenvalue weighted by Gasteiger charge is 2.12. The lowest BCUT2D eigenvalue weighted by Crippen LogP contribution is -1.90. The summed E-state index contributed by atoms with van der Waals surface area (Å²) >= 11 is 0. The summed E-state index contributed by atoms with van der Waals surface area (Å²) in [6, 6.07) is 72.7. The molecule has 0 aliphatic rings. The zero-order valence-corrected chi connectivity index (χ0v) is 54.3. The average Bonchev–Trinajstić information content (AvgIpc) is 0.867. The molecule has 474 valence electrons. The fraction of sp³-hybridized carbons (Fsp3) is 0.0909. The van der Waals surface area contributed by atoms with Gasteiger partial charge in [-0.25, -0.2) is 35.1 Å². The molecule has 0 aromatic heterocycles. The van der Waals surface area contributed by atoms with Gasteiger partial charge in [0.2, 0.25) is 0 Å². The van der Waals surface area contributed by atoms with Crippen molar-refractivity contribution in [3.05, 3.63) is 378 Å². The summed E-state index contributed by atoms with van der Waals surface area (Å²) in [5.41, 5.74) is 17.9. The van der Waals surface area contributed by atoms with E-state index < -0.39 is 34.9 Å². The van der Waals surface area contributed by atoms with Crippen LogP contribution in [0.3, 0.4) is 0 Å². The van der Waals surface area contributed by atoms with Crippen LogP contribution < -0.4 is 0 Å². The molecule has 96 heavy (non-hydrogen) atoms. The summed E-state index contributed by atoms with van der Waals surface area (Å²) < 4.78 is 110. The molecule has 0 nitrogen and oxygen atoms in total. The number of halogens is 8. The maximum Gasteiger partial charge on any atom is 0.139 e. The first-order valence-electron chi connectivity index (χ1n) is 30.9. The van der Waals surface area contributed by atoms with Crippen molar-refractivity contribution in [2.75, 3.05) is 0 Å². The van der Waals surface area contributed by atoms with E-state index in [-0.39, 0.29) is 28.3 Å². The van der Waals surface area contributed by atoms with Gasteiger partial charge in [-0.05, 0) is 231 Å². The molecular weight excluding hydrogens is 1210 g/mol. The third kappa shape index (κ3) is 19.3. The van der Waals surface area contributed by atoms with Gasteiger partial charge in [-0.2, -0.15) is 0 Å². The van der Waals surface area contributed by atoms with Crippen molar-refractivity contribution in [2.24, 2.45) is 0 Å². The summed E-state index contributed by atoms with van der Waals surface area (Å²) in [4.78, 5) is 0. The van der Waals surface area contributed by atoms with Gasteiger partial charge < -0.3 is 0 Å². The third-order valence-electron chi connectivity index (χ3n) is 15.7. The monoisotopic (exact) mass is 1270 g/mol. The van der Waals surface area contributed by atoms with Crippen molar-refractivity contribution in [3.8, 4) is 80.0 Å². The first kappa shape index (κ1) is 68.9. The van der Waals surface area contributed by atoms with E-state index in [1.54, 1.807) is 42.5 Å². The van der Waals surface area contributed by atoms with E-state index in [0.29, 0.717) is 38.9 Å². The van der Waals surface area contributed by atoms with Crippen LogP contribution in [0.5, 0.6) is 0 Å². The van der Waals surface area contributed by atoms with Gasteiger partial charge in [0.15, 0.2) is 0 Å². The van der Waals surface area contributed by atoms with E-state index in [0.717, 1.165) is 55.6 Å². The molecule has 0 radical (unpaired) electrons. The molecule has 12 rings (SSSR count). The topological polar surface area (TPSA) is 0 Å². The van der Waals surface area contributed by atoms with Crippen LogP contribution in [0, 0.1) is 137 Å². The summed E-state index contributed by atoms with van der Waals surface area (Å²) in [5, 5.41) is 0. The highest BCUT2D eigenvalue weighted by atomic mass is 19.2. The second-order valence-electron chi connectivity index (χ2n) is 23.2. The van der Waals surface area contributed by atoms with Crippen molar-refractivity contribution in [1.29, 1.82) is 0 Å². The number of hydrogen-bond donors (Lipinski definition) is 0. The third-order valence-corrected chi connectivity index (χ3v) is 15.7. The Labute approximate surface area is 558 Å². The van der Waals surface area contributed by atoms with Crippen LogP contribution in [0.2, 0.25) is 0 Å². The first-order valence-corrected chi connectivity index (χ1v) is 30.9. The van der Waals surface area contributed by atoms with Crippen LogP contribution in [0.1, 0.15) is 89.0 Å². The predicted octanol–water partition coefficient (Wildman–Crippen LogP) is 23.4. The molecule has 0 heterocycles. The van der Waals surface area contributed by atoms with Crippen LogP contribution in [0.15, 0.2) is 243 Å². The number of hydrogen-bond acceptors (Lipinski definition) is 0. The van der Waals surface area contributed by atoms with E-state index in [2.05, 4.69) is 97.9 Å². The lowest BCUT2D eigenvalue weighted by molar-refractivity contribution is 0.568. The minimum atomic E-state index is -0.575. The van der Waals surface area contributed by atoms with Gasteiger partial charge in [0.1, 0.15) is 46.5 Å². The van der Waals surface area contributed by atoms with Gasteiger partial charge in [-0.3, -0.25) is 0 Å². The molecular formula is C88H66F8. The SMILES string of the molecule is Cc1ccc(-c2ccc(C#Cc3ccc(C)cc3F)cc2)cc1.Cc1ccc(C#Cc2ccc(-c3cc(F)c(C)c(F)c3)cc2)c(F)c1.Cc1ccc(C#Cc2ccc(-c3cc(F)c(C)c(F)c3)cc2)cc1.Cc1ccc(C=Cc2ccc(-c3cc(F)c(C)c(F)c3)cc2)cc1. The highest BCUT2D eigenvalue weighted by Crippen LogP contribution is 2.29. The second-order valence-corrected chi connectivity index (χ2v) is 23.2. The Kier molecular flexibility index (Phi) is 23.2. The fourth-order valence-electron chi connectivity index (χ4n) is 9.58. The van der Waals surface area contributed by atoms with Crippen molar-refractivity contribution in [1.82, 2.24) is 0 Å². The standard InChI is InChI=1S/C22H15F3.C22H18F2.C22H16F2.C22H17F/c1-14-3-7-18(22(25)11-14)10-6-16-4-8-17(9-5-16)19-12-20(23)15(2)21(24)13-19;2*1-15-3-5-17(6-4-15)7-8-18-9-11-19(12-10-18)20-13-21(23)16(2)22(24)14-20;1-16-3-9-19(10-4-16)20-12-6-18(7-13-20)8-14-21-11-5-17(2)15-22(21)23/h3-5,7-9,11-13H,1-2H3;3-14H,1-2H3;3-6,9-14H,1-2H3;3-7,9-13,15H,1-2H3. The van der Waals surface area contributed by atoms with Crippen molar-refractivity contribution in [2.45, 2.75) is 55.4 Å². The maximum absolute atomic E-state index is 13.8. The molecule has 0 aliphatic carbocycles. The smallest absolute Gasteiger partial charge is 0.139 e. The Bertz CT molecular complexity index is 4860. The Hall–Kier alpha value is -11.5. The maximum atomic E-state index is 13.8. The van der Waals surface area contributed by atoms with Gasteiger partial charge in [0, 0.05) is 38.9 Å². The molecule has 0 saturated heterocycles. The van der Waals surface area contributed by atoms with Crippen LogP contribution in [-0.4, -0.2) is 0 Å². The van der Waals surface area contributed by atoms with Crippen LogP contribution >= 0.6 is 0 Å². The first-order chi connectivity index (χ1) is 46.1. The van der Waals surface area contributed by atoms with Crippen LogP contribution in [-0.2, 0) is 0 Å². The lowest BCUT2D eigenvalue weighted by atomic mass is 10.0. The van der Waals surface area contributed by atoms with Gasteiger partial charge in [-0.15, -0.1) is 0 Å². The molecule has 12 aromatic rings.